The topological polar surface area (TPSA) is 81.6 Å². The molecule has 166 valence electrons. The van der Waals surface area contributed by atoms with Gasteiger partial charge in [-0.15, -0.1) is 0 Å². The fourth-order valence-electron chi connectivity index (χ4n) is 3.93. The number of anilines is 2. The van der Waals surface area contributed by atoms with Crippen molar-refractivity contribution in [3.05, 3.63) is 83.3 Å². The third kappa shape index (κ3) is 5.49. The molecule has 0 bridgehead atoms. The summed E-state index contributed by atoms with van der Waals surface area (Å²) in [6.45, 7) is 6.03. The maximum atomic E-state index is 13.1. The highest BCUT2D eigenvalue weighted by Crippen LogP contribution is 2.22. The molecular weight excluding hydrogens is 402 g/mol. The van der Waals surface area contributed by atoms with Crippen LogP contribution in [0, 0.1) is 6.92 Å². The molecule has 1 saturated heterocycles. The van der Waals surface area contributed by atoms with Gasteiger partial charge in [-0.3, -0.25) is 14.7 Å². The maximum absolute atomic E-state index is 13.1. The number of aryl methyl sites for hydroxylation is 1. The largest absolute Gasteiger partial charge is 0.395 e. The third-order valence-electron chi connectivity index (χ3n) is 5.72. The van der Waals surface area contributed by atoms with Gasteiger partial charge in [0.05, 0.1) is 12.2 Å². The van der Waals surface area contributed by atoms with Gasteiger partial charge in [0.1, 0.15) is 5.82 Å². The monoisotopic (exact) mass is 431 g/mol. The molecule has 0 aliphatic carbocycles. The molecule has 2 aromatic heterocycles. The molecule has 4 rings (SSSR count). The SMILES string of the molecule is Cc1ccc(C(=O)Nc2ccc(Cc3ccncc3)cc2)c(N2CCN(CCO)CC2)n1. The van der Waals surface area contributed by atoms with Gasteiger partial charge in [-0.25, -0.2) is 4.98 Å². The Hall–Kier alpha value is -3.29. The standard InChI is InChI=1S/C25H29N5O2/c1-19-2-7-23(24(27-19)30-14-12-29(13-15-30)16-17-31)25(32)28-22-5-3-20(4-6-22)18-21-8-10-26-11-9-21/h2-11,31H,12-18H2,1H3,(H,28,32). The van der Waals surface area contributed by atoms with Crippen LogP contribution in [0.4, 0.5) is 11.5 Å². The molecule has 2 N–H and O–H groups in total. The highest BCUT2D eigenvalue weighted by Gasteiger charge is 2.23. The quantitative estimate of drug-likeness (QED) is 0.599. The van der Waals surface area contributed by atoms with Crippen LogP contribution in [0.15, 0.2) is 60.9 Å². The minimum atomic E-state index is -0.160. The van der Waals surface area contributed by atoms with Crippen LogP contribution in [-0.2, 0) is 6.42 Å². The van der Waals surface area contributed by atoms with Crippen LogP contribution in [0.2, 0.25) is 0 Å². The van der Waals surface area contributed by atoms with E-state index < -0.39 is 0 Å². The number of amides is 1. The normalized spacial score (nSPS) is 14.4. The first-order valence-corrected chi connectivity index (χ1v) is 11.0. The van der Waals surface area contributed by atoms with Crippen LogP contribution < -0.4 is 10.2 Å². The van der Waals surface area contributed by atoms with E-state index in [0.717, 1.165) is 49.8 Å². The van der Waals surface area contributed by atoms with E-state index >= 15 is 0 Å². The van der Waals surface area contributed by atoms with Gasteiger partial charge >= 0.3 is 0 Å². The van der Waals surface area contributed by atoms with Gasteiger partial charge in [0, 0.05) is 56.5 Å². The Kier molecular flexibility index (Phi) is 7.09. The summed E-state index contributed by atoms with van der Waals surface area (Å²) in [4.78, 5) is 26.2. The van der Waals surface area contributed by atoms with Crippen LogP contribution in [0.25, 0.3) is 0 Å². The molecule has 1 amide bonds. The van der Waals surface area contributed by atoms with E-state index in [2.05, 4.69) is 25.1 Å². The van der Waals surface area contributed by atoms with Gasteiger partial charge in [0.2, 0.25) is 0 Å². The van der Waals surface area contributed by atoms with Gasteiger partial charge in [-0.1, -0.05) is 12.1 Å². The van der Waals surface area contributed by atoms with Crippen molar-refractivity contribution in [1.82, 2.24) is 14.9 Å². The number of aromatic nitrogens is 2. The number of rotatable bonds is 7. The van der Waals surface area contributed by atoms with Gasteiger partial charge in [0.15, 0.2) is 0 Å². The van der Waals surface area contributed by atoms with E-state index in [1.807, 2.05) is 55.5 Å². The number of carbonyl (C=O) groups excluding carboxylic acids is 1. The average molecular weight is 432 g/mol. The van der Waals surface area contributed by atoms with Crippen molar-refractivity contribution in [1.29, 1.82) is 0 Å². The zero-order chi connectivity index (χ0) is 22.3. The lowest BCUT2D eigenvalue weighted by molar-refractivity contribution is 0.102. The number of nitrogens with one attached hydrogen (secondary N) is 1. The number of β-amino-alcohol motifs (C(OH)–C–C–N with tert-alkyl or cyclic N) is 1. The van der Waals surface area contributed by atoms with Crippen molar-refractivity contribution in [2.75, 3.05) is 49.5 Å². The van der Waals surface area contributed by atoms with E-state index in [0.29, 0.717) is 12.1 Å². The molecule has 3 heterocycles. The number of carbonyl (C=O) groups is 1. The Morgan fingerprint density at radius 2 is 1.66 bits per heavy atom. The van der Waals surface area contributed by atoms with Crippen molar-refractivity contribution in [2.45, 2.75) is 13.3 Å². The molecule has 0 atom stereocenters. The van der Waals surface area contributed by atoms with Crippen molar-refractivity contribution in [3.8, 4) is 0 Å². The van der Waals surface area contributed by atoms with Crippen LogP contribution in [0.3, 0.4) is 0 Å². The summed E-state index contributed by atoms with van der Waals surface area (Å²) in [5.74, 6) is 0.563. The molecule has 32 heavy (non-hydrogen) atoms. The summed E-state index contributed by atoms with van der Waals surface area (Å²) in [5, 5.41) is 12.2. The minimum Gasteiger partial charge on any atom is -0.395 e. The molecular formula is C25H29N5O2. The summed E-state index contributed by atoms with van der Waals surface area (Å²) >= 11 is 0. The lowest BCUT2D eigenvalue weighted by Gasteiger charge is -2.35. The molecule has 3 aromatic rings. The number of piperazine rings is 1. The first-order valence-electron chi connectivity index (χ1n) is 11.0. The summed E-state index contributed by atoms with van der Waals surface area (Å²) in [5.41, 5.74) is 4.59. The zero-order valence-corrected chi connectivity index (χ0v) is 18.4. The van der Waals surface area contributed by atoms with Gasteiger partial charge in [-0.2, -0.15) is 0 Å². The Balaban J connectivity index is 1.44. The highest BCUT2D eigenvalue weighted by molar-refractivity contribution is 6.07. The van der Waals surface area contributed by atoms with Crippen molar-refractivity contribution >= 4 is 17.4 Å². The van der Waals surface area contributed by atoms with Crippen molar-refractivity contribution in [3.63, 3.8) is 0 Å². The smallest absolute Gasteiger partial charge is 0.259 e. The van der Waals surface area contributed by atoms with Gasteiger partial charge in [-0.05, 0) is 60.9 Å². The first kappa shape index (κ1) is 21.9. The number of aliphatic hydroxyl groups is 1. The molecule has 1 aliphatic heterocycles. The Bertz CT molecular complexity index is 1030. The Morgan fingerprint density at radius 1 is 0.969 bits per heavy atom. The predicted octanol–water partition coefficient (Wildman–Crippen LogP) is 2.74. The van der Waals surface area contributed by atoms with E-state index in [1.165, 1.54) is 11.1 Å². The molecule has 0 spiro atoms. The van der Waals surface area contributed by atoms with Crippen LogP contribution in [0.1, 0.15) is 27.2 Å². The molecule has 7 nitrogen and oxygen atoms in total. The van der Waals surface area contributed by atoms with Crippen LogP contribution in [-0.4, -0.2) is 65.2 Å². The molecule has 1 aliphatic rings. The molecule has 0 radical (unpaired) electrons. The third-order valence-corrected chi connectivity index (χ3v) is 5.72. The van der Waals surface area contributed by atoms with Crippen LogP contribution in [0.5, 0.6) is 0 Å². The summed E-state index contributed by atoms with van der Waals surface area (Å²) in [7, 11) is 0. The van der Waals surface area contributed by atoms with E-state index in [9.17, 15) is 4.79 Å². The van der Waals surface area contributed by atoms with Crippen molar-refractivity contribution < 1.29 is 9.90 Å². The average Bonchev–Trinajstić information content (AvgIpc) is 2.82. The van der Waals surface area contributed by atoms with Gasteiger partial charge < -0.3 is 15.3 Å². The summed E-state index contributed by atoms with van der Waals surface area (Å²) < 4.78 is 0. The number of pyridine rings is 2. The molecule has 0 saturated carbocycles. The summed E-state index contributed by atoms with van der Waals surface area (Å²) in [6, 6.07) is 15.7. The fraction of sp³-hybridized carbons (Fsp3) is 0.320. The molecule has 7 heteroatoms. The molecule has 1 aromatic carbocycles. The van der Waals surface area contributed by atoms with Crippen LogP contribution >= 0.6 is 0 Å². The number of aliphatic hydroxyl groups excluding tert-OH is 1. The predicted molar refractivity (Wildman–Crippen MR) is 126 cm³/mol. The lowest BCUT2D eigenvalue weighted by Crippen LogP contribution is -2.48. The Morgan fingerprint density at radius 3 is 2.34 bits per heavy atom. The van der Waals surface area contributed by atoms with E-state index in [-0.39, 0.29) is 12.5 Å². The first-order chi connectivity index (χ1) is 15.6. The second-order valence-electron chi connectivity index (χ2n) is 8.06. The van der Waals surface area contributed by atoms with E-state index in [4.69, 9.17) is 5.11 Å². The number of hydrogen-bond acceptors (Lipinski definition) is 6. The van der Waals surface area contributed by atoms with Crippen molar-refractivity contribution in [2.24, 2.45) is 0 Å². The number of nitrogens with zero attached hydrogens (tertiary/aromatic N) is 4. The second-order valence-corrected chi connectivity index (χ2v) is 8.06. The highest BCUT2D eigenvalue weighted by atomic mass is 16.3. The summed E-state index contributed by atoms with van der Waals surface area (Å²) in [6.07, 6.45) is 4.41. The maximum Gasteiger partial charge on any atom is 0.259 e. The Labute approximate surface area is 188 Å². The number of benzene rings is 1. The zero-order valence-electron chi connectivity index (χ0n) is 18.4. The molecule has 0 unspecified atom stereocenters. The fourth-order valence-corrected chi connectivity index (χ4v) is 3.93. The minimum absolute atomic E-state index is 0.160. The number of hydrogen-bond donors (Lipinski definition) is 2. The lowest BCUT2D eigenvalue weighted by atomic mass is 10.1. The van der Waals surface area contributed by atoms with Gasteiger partial charge in [0.25, 0.3) is 5.91 Å². The second kappa shape index (κ2) is 10.3. The molecule has 1 fully saturated rings. The van der Waals surface area contributed by atoms with E-state index in [1.54, 1.807) is 12.4 Å².